The lowest BCUT2D eigenvalue weighted by atomic mass is 9.83. The van der Waals surface area contributed by atoms with Crippen LogP contribution in [-0.4, -0.2) is 16.2 Å². The van der Waals surface area contributed by atoms with E-state index in [1.165, 1.54) is 0 Å². The van der Waals surface area contributed by atoms with Crippen molar-refractivity contribution in [3.05, 3.63) is 34.9 Å². The number of carboxylic acids is 1. The molecular formula is C13H14O3. The number of aromatic hydroxyl groups is 1. The summed E-state index contributed by atoms with van der Waals surface area (Å²) < 4.78 is 0. The Balaban J connectivity index is 2.41. The molecule has 0 atom stereocenters. The van der Waals surface area contributed by atoms with Crippen LogP contribution in [0.3, 0.4) is 0 Å². The van der Waals surface area contributed by atoms with Crippen molar-refractivity contribution in [3.63, 3.8) is 0 Å². The third-order valence-corrected chi connectivity index (χ3v) is 3.22. The summed E-state index contributed by atoms with van der Waals surface area (Å²) in [5.74, 6) is -0.601. The summed E-state index contributed by atoms with van der Waals surface area (Å²) in [6.45, 7) is 3.37. The molecule has 1 aliphatic carbocycles. The van der Waals surface area contributed by atoms with Crippen molar-refractivity contribution < 1.29 is 15.0 Å². The molecule has 16 heavy (non-hydrogen) atoms. The van der Waals surface area contributed by atoms with Gasteiger partial charge in [-0.1, -0.05) is 18.2 Å². The van der Waals surface area contributed by atoms with Crippen LogP contribution in [0.1, 0.15) is 25.0 Å². The Kier molecular flexibility index (Phi) is 2.26. The van der Waals surface area contributed by atoms with Crippen LogP contribution < -0.4 is 0 Å². The van der Waals surface area contributed by atoms with Gasteiger partial charge in [0, 0.05) is 5.56 Å². The second-order valence-corrected chi connectivity index (χ2v) is 4.62. The van der Waals surface area contributed by atoms with Crippen LogP contribution in [0, 0.1) is 5.41 Å². The number of carbonyl (C=O) groups is 1. The van der Waals surface area contributed by atoms with Gasteiger partial charge in [-0.05, 0) is 37.5 Å². The highest BCUT2D eigenvalue weighted by molar-refractivity contribution is 5.82. The second-order valence-electron chi connectivity index (χ2n) is 4.62. The molecule has 0 spiro atoms. The number of hydrogen-bond donors (Lipinski definition) is 2. The van der Waals surface area contributed by atoms with Crippen molar-refractivity contribution in [3.8, 4) is 5.75 Å². The molecule has 0 fully saturated rings. The fraction of sp³-hybridized carbons (Fsp3) is 0.308. The highest BCUT2D eigenvalue weighted by Crippen LogP contribution is 2.39. The number of hydrogen-bond acceptors (Lipinski definition) is 2. The van der Waals surface area contributed by atoms with E-state index >= 15 is 0 Å². The van der Waals surface area contributed by atoms with E-state index in [2.05, 4.69) is 0 Å². The molecule has 3 heteroatoms. The number of phenols is 1. The highest BCUT2D eigenvalue weighted by Gasteiger charge is 2.34. The lowest BCUT2D eigenvalue weighted by Gasteiger charge is -2.20. The average Bonchev–Trinajstić information content (AvgIpc) is 2.63. The SMILES string of the molecule is CC(C)(C(=O)O)C1=Cc2cccc(O)c2C1. The number of carboxylic acid groups (broad SMARTS) is 1. The molecule has 0 radical (unpaired) electrons. The van der Waals surface area contributed by atoms with Crippen LogP contribution in [0.25, 0.3) is 6.08 Å². The van der Waals surface area contributed by atoms with Gasteiger partial charge in [0.05, 0.1) is 5.41 Å². The van der Waals surface area contributed by atoms with Crippen LogP contribution in [0.4, 0.5) is 0 Å². The first-order valence-corrected chi connectivity index (χ1v) is 5.18. The van der Waals surface area contributed by atoms with Crippen molar-refractivity contribution in [2.45, 2.75) is 20.3 Å². The number of rotatable bonds is 2. The summed E-state index contributed by atoms with van der Waals surface area (Å²) in [6.07, 6.45) is 2.38. The standard InChI is InChI=1S/C13H14O3/c1-13(2,12(15)16)9-6-8-4-3-5-11(14)10(8)7-9/h3-6,14H,7H2,1-2H3,(H,15,16). The van der Waals surface area contributed by atoms with E-state index in [-0.39, 0.29) is 5.75 Å². The zero-order chi connectivity index (χ0) is 11.9. The van der Waals surface area contributed by atoms with Gasteiger partial charge in [-0.25, -0.2) is 0 Å². The average molecular weight is 218 g/mol. The highest BCUT2D eigenvalue weighted by atomic mass is 16.4. The molecule has 1 aromatic carbocycles. The quantitative estimate of drug-likeness (QED) is 0.801. The summed E-state index contributed by atoms with van der Waals surface area (Å²) in [5, 5.41) is 18.8. The summed E-state index contributed by atoms with van der Waals surface area (Å²) in [7, 11) is 0. The predicted octanol–water partition coefficient (Wildman–Crippen LogP) is 2.44. The Morgan fingerprint density at radius 3 is 2.62 bits per heavy atom. The van der Waals surface area contributed by atoms with Gasteiger partial charge in [-0.2, -0.15) is 0 Å². The zero-order valence-electron chi connectivity index (χ0n) is 9.32. The molecule has 0 saturated heterocycles. The minimum atomic E-state index is -0.883. The second kappa shape index (κ2) is 3.37. The van der Waals surface area contributed by atoms with Gasteiger partial charge in [0.2, 0.25) is 0 Å². The zero-order valence-corrected chi connectivity index (χ0v) is 9.32. The summed E-state index contributed by atoms with van der Waals surface area (Å²) in [6, 6.07) is 5.28. The predicted molar refractivity (Wildman–Crippen MR) is 61.2 cm³/mol. The first kappa shape index (κ1) is 10.7. The maximum Gasteiger partial charge on any atom is 0.313 e. The summed E-state index contributed by atoms with van der Waals surface area (Å²) >= 11 is 0. The Labute approximate surface area is 94.0 Å². The van der Waals surface area contributed by atoms with Crippen molar-refractivity contribution in [1.82, 2.24) is 0 Å². The number of benzene rings is 1. The molecule has 3 nitrogen and oxygen atoms in total. The van der Waals surface area contributed by atoms with Gasteiger partial charge in [-0.15, -0.1) is 0 Å². The lowest BCUT2D eigenvalue weighted by molar-refractivity contribution is -0.144. The van der Waals surface area contributed by atoms with Crippen molar-refractivity contribution in [2.75, 3.05) is 0 Å². The normalized spacial score (nSPS) is 14.5. The summed E-state index contributed by atoms with van der Waals surface area (Å²) in [4.78, 5) is 11.1. The Bertz CT molecular complexity index is 484. The fourth-order valence-corrected chi connectivity index (χ4v) is 1.89. The van der Waals surface area contributed by atoms with Crippen LogP contribution in [0.15, 0.2) is 23.8 Å². The molecule has 0 aromatic heterocycles. The molecular weight excluding hydrogens is 204 g/mol. The van der Waals surface area contributed by atoms with E-state index in [0.717, 1.165) is 16.7 Å². The Hall–Kier alpha value is -1.77. The van der Waals surface area contributed by atoms with Gasteiger partial charge in [0.15, 0.2) is 0 Å². The van der Waals surface area contributed by atoms with E-state index in [1.54, 1.807) is 26.0 Å². The van der Waals surface area contributed by atoms with Gasteiger partial charge in [-0.3, -0.25) is 4.79 Å². The molecule has 0 heterocycles. The molecule has 0 saturated carbocycles. The summed E-state index contributed by atoms with van der Waals surface area (Å²) in [5.41, 5.74) is 1.69. The van der Waals surface area contributed by atoms with Crippen LogP contribution >= 0.6 is 0 Å². The van der Waals surface area contributed by atoms with Gasteiger partial charge in [0.1, 0.15) is 5.75 Å². The van der Waals surface area contributed by atoms with Crippen LogP contribution in [0.2, 0.25) is 0 Å². The largest absolute Gasteiger partial charge is 0.508 e. The first-order chi connectivity index (χ1) is 7.43. The maximum absolute atomic E-state index is 11.1. The van der Waals surface area contributed by atoms with Crippen LogP contribution in [0.5, 0.6) is 5.75 Å². The molecule has 2 N–H and O–H groups in total. The third-order valence-electron chi connectivity index (χ3n) is 3.22. The Morgan fingerprint density at radius 1 is 1.38 bits per heavy atom. The van der Waals surface area contributed by atoms with Crippen molar-refractivity contribution in [1.29, 1.82) is 0 Å². The molecule has 1 aromatic rings. The number of aliphatic carboxylic acids is 1. The molecule has 1 aliphatic rings. The minimum Gasteiger partial charge on any atom is -0.508 e. The van der Waals surface area contributed by atoms with Gasteiger partial charge in [0.25, 0.3) is 0 Å². The molecule has 0 bridgehead atoms. The molecule has 0 unspecified atom stereocenters. The minimum absolute atomic E-state index is 0.241. The lowest BCUT2D eigenvalue weighted by Crippen LogP contribution is -2.26. The molecule has 2 rings (SSSR count). The van der Waals surface area contributed by atoms with Crippen LogP contribution in [-0.2, 0) is 11.2 Å². The van der Waals surface area contributed by atoms with E-state index in [1.807, 2.05) is 12.1 Å². The van der Waals surface area contributed by atoms with Crippen molar-refractivity contribution in [2.24, 2.45) is 5.41 Å². The third kappa shape index (κ3) is 1.48. The molecule has 0 aliphatic heterocycles. The monoisotopic (exact) mass is 218 g/mol. The smallest absolute Gasteiger partial charge is 0.313 e. The first-order valence-electron chi connectivity index (χ1n) is 5.18. The van der Waals surface area contributed by atoms with E-state index in [9.17, 15) is 9.90 Å². The van der Waals surface area contributed by atoms with Crippen molar-refractivity contribution >= 4 is 12.0 Å². The van der Waals surface area contributed by atoms with E-state index < -0.39 is 11.4 Å². The topological polar surface area (TPSA) is 57.5 Å². The number of phenolic OH excluding ortho intramolecular Hbond substituents is 1. The molecule has 84 valence electrons. The van der Waals surface area contributed by atoms with Gasteiger partial charge < -0.3 is 10.2 Å². The maximum atomic E-state index is 11.1. The fourth-order valence-electron chi connectivity index (χ4n) is 1.89. The number of fused-ring (bicyclic) bond motifs is 1. The van der Waals surface area contributed by atoms with E-state index in [0.29, 0.717) is 6.42 Å². The van der Waals surface area contributed by atoms with Gasteiger partial charge >= 0.3 is 5.97 Å². The molecule has 0 amide bonds. The van der Waals surface area contributed by atoms with E-state index in [4.69, 9.17) is 5.11 Å². The Morgan fingerprint density at radius 2 is 2.06 bits per heavy atom.